The maximum Gasteiger partial charge on any atom is 0.410 e. The molecule has 1 saturated carbocycles. The highest BCUT2D eigenvalue weighted by Crippen LogP contribution is 2.37. The zero-order valence-electron chi connectivity index (χ0n) is 61.2. The Balaban J connectivity index is 1.21. The number of ether oxygens (including phenoxy) is 3. The standard InChI is InChI=1S/C76H116F3N7O13/c1-15-49(8)70(63(97-13)43-67(92)85-38-22-25-59(85)72(98-14)51(10)60(87)39-50(9)71(93)55-23-18-16-19-24-55)83(11)74(95)58(46(2)3)42-62(89)69(48(6)7)84(12)75(96)99-45-54-31-33-57(34-32-54)81-73(94)56(40-52-27-29-53(44-80)30-28-52)41-61(88)68(47(4)5)82-64(76(77,78)79)26-20-17-21-37-86-65(90)35-36-66(86)91/h16,18-19,23-24,31-36,46-53,56,58-59,63-64,68-72,82,93H,15,17,20-22,25-30,37-45,80H2,1-14H3,(H,81,94)/t49-,50-,51-,52?,53?,56+,58-,59-,63+,64+,68-,69-,70-,71+,72+/m0/s1. The number of anilines is 1. The van der Waals surface area contributed by atoms with Gasteiger partial charge < -0.3 is 45.1 Å². The van der Waals surface area contributed by atoms with Crippen LogP contribution in [0.15, 0.2) is 66.7 Å². The average Bonchev–Trinajstić information content (AvgIpc) is 1.79. The fraction of sp³-hybridized carbons (Fsp3) is 0.697. The van der Waals surface area contributed by atoms with E-state index in [2.05, 4.69) is 10.6 Å². The highest BCUT2D eigenvalue weighted by molar-refractivity contribution is 6.12. The Kier molecular flexibility index (Phi) is 33.4. The Hall–Kier alpha value is -6.40. The summed E-state index contributed by atoms with van der Waals surface area (Å²) in [7, 11) is 6.23. The number of ketones is 3. The molecule has 554 valence electrons. The third kappa shape index (κ3) is 23.8. The topological polar surface area (TPSA) is 265 Å². The van der Waals surface area contributed by atoms with Gasteiger partial charge in [0.15, 0.2) is 11.6 Å². The number of benzene rings is 2. The molecule has 99 heavy (non-hydrogen) atoms. The van der Waals surface area contributed by atoms with Gasteiger partial charge in [-0.3, -0.25) is 48.6 Å². The normalized spacial score (nSPS) is 20.4. The quantitative estimate of drug-likeness (QED) is 0.0356. The van der Waals surface area contributed by atoms with E-state index in [0.717, 1.165) is 48.3 Å². The minimum atomic E-state index is -4.69. The number of methoxy groups -OCH3 is 2. The smallest absolute Gasteiger partial charge is 0.410 e. The van der Waals surface area contributed by atoms with E-state index in [1.807, 2.05) is 71.9 Å². The first-order valence-electron chi connectivity index (χ1n) is 36.1. The van der Waals surface area contributed by atoms with Crippen LogP contribution in [0.4, 0.5) is 23.7 Å². The molecule has 5 rings (SSSR count). The van der Waals surface area contributed by atoms with Gasteiger partial charge in [-0.05, 0) is 116 Å². The molecule has 2 fully saturated rings. The minimum absolute atomic E-state index is 0.0608. The zero-order valence-corrected chi connectivity index (χ0v) is 61.2. The molecule has 0 radical (unpaired) electrons. The summed E-state index contributed by atoms with van der Waals surface area (Å²) in [6.07, 6.45) is 0.295. The van der Waals surface area contributed by atoms with Crippen molar-refractivity contribution in [2.75, 3.05) is 53.3 Å². The third-order valence-corrected chi connectivity index (χ3v) is 21.1. The molecular formula is C76H116F3N7O13. The summed E-state index contributed by atoms with van der Waals surface area (Å²) in [4.78, 5) is 130. The van der Waals surface area contributed by atoms with Gasteiger partial charge >= 0.3 is 12.3 Å². The Bertz CT molecular complexity index is 2960. The monoisotopic (exact) mass is 1390 g/mol. The van der Waals surface area contributed by atoms with Crippen molar-refractivity contribution >= 4 is 58.7 Å². The molecule has 2 heterocycles. The van der Waals surface area contributed by atoms with Crippen molar-refractivity contribution in [3.05, 3.63) is 77.9 Å². The van der Waals surface area contributed by atoms with Gasteiger partial charge in [0.25, 0.3) is 11.8 Å². The lowest BCUT2D eigenvalue weighted by atomic mass is 9.76. The fourth-order valence-electron chi connectivity index (χ4n) is 14.9. The summed E-state index contributed by atoms with van der Waals surface area (Å²) < 4.78 is 61.7. The first kappa shape index (κ1) is 83.3. The molecule has 1 aliphatic carbocycles. The van der Waals surface area contributed by atoms with Crippen LogP contribution in [0, 0.1) is 59.2 Å². The number of unbranched alkanes of at least 4 members (excludes halogenated alkanes) is 2. The molecule has 3 aliphatic rings. The van der Waals surface area contributed by atoms with E-state index in [1.54, 1.807) is 75.9 Å². The Morgan fingerprint density at radius 3 is 1.90 bits per heavy atom. The van der Waals surface area contributed by atoms with Crippen LogP contribution in [-0.2, 0) is 59.2 Å². The van der Waals surface area contributed by atoms with Crippen LogP contribution >= 0.6 is 0 Å². The van der Waals surface area contributed by atoms with Crippen LogP contribution in [0.25, 0.3) is 0 Å². The highest BCUT2D eigenvalue weighted by atomic mass is 19.4. The molecule has 13 atom stereocenters. The van der Waals surface area contributed by atoms with E-state index in [-0.39, 0.29) is 98.7 Å². The van der Waals surface area contributed by atoms with Gasteiger partial charge in [-0.2, -0.15) is 13.2 Å². The number of alkyl halides is 3. The van der Waals surface area contributed by atoms with Crippen molar-refractivity contribution in [1.29, 1.82) is 0 Å². The Morgan fingerprint density at radius 1 is 0.717 bits per heavy atom. The number of likely N-dealkylation sites (N-methyl/N-ethyl adjacent to an activating group) is 2. The van der Waals surface area contributed by atoms with E-state index >= 15 is 0 Å². The van der Waals surface area contributed by atoms with E-state index in [0.29, 0.717) is 68.8 Å². The number of hydrogen-bond acceptors (Lipinski definition) is 15. The van der Waals surface area contributed by atoms with Crippen molar-refractivity contribution in [3.8, 4) is 0 Å². The second kappa shape index (κ2) is 39.7. The minimum Gasteiger partial charge on any atom is -0.445 e. The van der Waals surface area contributed by atoms with Gasteiger partial charge in [0.1, 0.15) is 18.4 Å². The molecule has 20 nitrogen and oxygen atoms in total. The summed E-state index contributed by atoms with van der Waals surface area (Å²) in [5, 5.41) is 16.6. The molecule has 0 bridgehead atoms. The zero-order chi connectivity index (χ0) is 73.6. The average molecular weight is 1390 g/mol. The summed E-state index contributed by atoms with van der Waals surface area (Å²) in [5.74, 6) is -6.38. The van der Waals surface area contributed by atoms with Crippen molar-refractivity contribution in [2.24, 2.45) is 64.9 Å². The van der Waals surface area contributed by atoms with Crippen LogP contribution in [0.3, 0.4) is 0 Å². The molecular weight excluding hydrogens is 1280 g/mol. The van der Waals surface area contributed by atoms with Crippen LogP contribution in [0.2, 0.25) is 0 Å². The van der Waals surface area contributed by atoms with Crippen LogP contribution < -0.4 is 16.4 Å². The summed E-state index contributed by atoms with van der Waals surface area (Å²) in [6.45, 7) is 19.2. The van der Waals surface area contributed by atoms with E-state index in [1.165, 1.54) is 19.1 Å². The lowest BCUT2D eigenvalue weighted by Gasteiger charge is -2.41. The predicted octanol–water partition coefficient (Wildman–Crippen LogP) is 11.5. The van der Waals surface area contributed by atoms with Gasteiger partial charge in [-0.1, -0.05) is 144 Å². The Morgan fingerprint density at radius 2 is 1.34 bits per heavy atom. The van der Waals surface area contributed by atoms with Crippen molar-refractivity contribution < 1.29 is 75.6 Å². The van der Waals surface area contributed by atoms with E-state index < -0.39 is 114 Å². The number of amides is 6. The molecule has 1 saturated heterocycles. The SMILES string of the molecule is CC[C@H](C)[C@@H]([C@@H](CC(=O)N1CCC[C@H]1[C@H](OC)[C@@H](C)C(=O)C[C@H](C)[C@@H](O)c1ccccc1)OC)N(C)C(=O)[C@@H](CC(=O)[C@H](C(C)C)N(C)C(=O)OCc1ccc(NC(=O)[C@@H](CC(=O)[C@@H](N[C@H](CCCCCN2C(=O)C=CC2=O)C(F)(F)F)C(C)C)CC2CCC(CN)CC2)cc1)C(C)C. The summed E-state index contributed by atoms with van der Waals surface area (Å²) in [6, 6.07) is 10.6. The van der Waals surface area contributed by atoms with Crippen LogP contribution in [0.1, 0.15) is 189 Å². The van der Waals surface area contributed by atoms with Crippen molar-refractivity contribution in [1.82, 2.24) is 24.9 Å². The number of rotatable bonds is 41. The second-order valence-corrected chi connectivity index (χ2v) is 29.4. The number of imide groups is 1. The molecule has 23 heteroatoms. The number of Topliss-reactive ketones (excluding diaryl/α,β-unsaturated/α-hetero) is 3. The van der Waals surface area contributed by atoms with E-state index in [9.17, 15) is 61.4 Å². The van der Waals surface area contributed by atoms with Gasteiger partial charge in [0, 0.05) is 96.3 Å². The number of aliphatic hydroxyl groups excluding tert-OH is 1. The molecule has 6 amide bonds. The fourth-order valence-corrected chi connectivity index (χ4v) is 14.9. The maximum atomic E-state index is 14.9. The molecule has 2 aromatic rings. The number of halogens is 3. The molecule has 0 aromatic heterocycles. The lowest BCUT2D eigenvalue weighted by molar-refractivity contribution is -0.161. The first-order valence-corrected chi connectivity index (χ1v) is 36.1. The molecule has 0 spiro atoms. The number of nitrogens with one attached hydrogen (secondary N) is 2. The number of carbonyl (C=O) groups excluding carboxylic acids is 9. The number of nitrogens with two attached hydrogens (primary N) is 1. The van der Waals surface area contributed by atoms with Gasteiger partial charge in [-0.25, -0.2) is 4.79 Å². The van der Waals surface area contributed by atoms with Crippen molar-refractivity contribution in [3.63, 3.8) is 0 Å². The molecule has 2 aromatic carbocycles. The molecule has 0 unspecified atom stereocenters. The van der Waals surface area contributed by atoms with Crippen molar-refractivity contribution in [2.45, 2.75) is 233 Å². The largest absolute Gasteiger partial charge is 0.445 e. The number of carbonyl (C=O) groups is 9. The molecule has 5 N–H and O–H groups in total. The number of aliphatic hydroxyl groups is 1. The van der Waals surface area contributed by atoms with E-state index in [4.69, 9.17) is 19.9 Å². The summed E-state index contributed by atoms with van der Waals surface area (Å²) >= 11 is 0. The van der Waals surface area contributed by atoms with Gasteiger partial charge in [0.05, 0.1) is 48.9 Å². The molecule has 2 aliphatic heterocycles. The number of hydrogen-bond donors (Lipinski definition) is 4. The van der Waals surface area contributed by atoms with Crippen LogP contribution in [-0.4, -0.2) is 174 Å². The number of likely N-dealkylation sites (tertiary alicyclic amines) is 1. The summed E-state index contributed by atoms with van der Waals surface area (Å²) in [5.41, 5.74) is 7.64. The lowest BCUT2D eigenvalue weighted by Crippen LogP contribution is -2.54. The van der Waals surface area contributed by atoms with Gasteiger partial charge in [-0.15, -0.1) is 0 Å². The van der Waals surface area contributed by atoms with Gasteiger partial charge in [0.2, 0.25) is 17.7 Å². The number of nitrogens with zero attached hydrogens (tertiary/aromatic N) is 4. The van der Waals surface area contributed by atoms with Crippen LogP contribution in [0.5, 0.6) is 0 Å². The first-order chi connectivity index (χ1) is 46.8. The predicted molar refractivity (Wildman–Crippen MR) is 374 cm³/mol. The third-order valence-electron chi connectivity index (χ3n) is 21.1. The highest BCUT2D eigenvalue weighted by Gasteiger charge is 2.46. The second-order valence-electron chi connectivity index (χ2n) is 29.4. The Labute approximate surface area is 586 Å². The maximum absolute atomic E-state index is 14.9.